The largest absolute Gasteiger partial charge is 0.497 e. The van der Waals surface area contributed by atoms with Crippen LogP contribution in [0.2, 0.25) is 0 Å². The number of aromatic nitrogens is 1. The molecule has 3 aromatic rings. The number of rotatable bonds is 7. The Bertz CT molecular complexity index is 980. The van der Waals surface area contributed by atoms with Crippen molar-refractivity contribution in [1.82, 2.24) is 4.98 Å². The van der Waals surface area contributed by atoms with E-state index in [4.69, 9.17) is 4.74 Å². The summed E-state index contributed by atoms with van der Waals surface area (Å²) in [6.07, 6.45) is 2.56. The number of methoxy groups -OCH3 is 1. The van der Waals surface area contributed by atoms with Gasteiger partial charge in [0.25, 0.3) is 5.69 Å². The van der Waals surface area contributed by atoms with Gasteiger partial charge in [0.2, 0.25) is 0 Å². The molecule has 2 aromatic carbocycles. The monoisotopic (exact) mass is 355 g/mol. The molecule has 8 nitrogen and oxygen atoms in total. The maximum absolute atomic E-state index is 11.3. The van der Waals surface area contributed by atoms with Gasteiger partial charge in [-0.25, -0.2) is 4.79 Å². The number of hydrogen-bond acceptors (Lipinski definition) is 5. The summed E-state index contributed by atoms with van der Waals surface area (Å²) in [5.41, 5.74) is 2.01. The fraction of sp³-hybridized carbons (Fsp3) is 0.167. The van der Waals surface area contributed by atoms with Gasteiger partial charge in [-0.3, -0.25) is 10.1 Å². The molecule has 8 heteroatoms. The Morgan fingerprint density at radius 1 is 1.31 bits per heavy atom. The molecule has 0 bridgehead atoms. The number of aromatic carboxylic acids is 1. The minimum atomic E-state index is -1.21. The fourth-order valence-electron chi connectivity index (χ4n) is 2.81. The van der Waals surface area contributed by atoms with Crippen molar-refractivity contribution in [1.29, 1.82) is 0 Å². The molecule has 0 aliphatic heterocycles. The standard InChI is InChI=1S/C18H17N3O5/c1-26-13-3-4-14-11(10-20-17(14)9-13)6-7-19-16-5-2-12(21(24)25)8-15(16)18(22)23/h2-5,8-10,19-20H,6-7H2,1H3,(H,22,23). The van der Waals surface area contributed by atoms with E-state index in [1.165, 1.54) is 12.1 Å². The average Bonchev–Trinajstić information content (AvgIpc) is 3.03. The van der Waals surface area contributed by atoms with Crippen LogP contribution in [0, 0.1) is 10.1 Å². The van der Waals surface area contributed by atoms with Crippen LogP contribution >= 0.6 is 0 Å². The zero-order chi connectivity index (χ0) is 18.7. The molecule has 1 heterocycles. The number of nitro groups is 1. The van der Waals surface area contributed by atoms with Crippen LogP contribution in [-0.2, 0) is 6.42 Å². The van der Waals surface area contributed by atoms with Gasteiger partial charge in [0.15, 0.2) is 0 Å². The van der Waals surface area contributed by atoms with Crippen LogP contribution in [0.25, 0.3) is 10.9 Å². The number of fused-ring (bicyclic) bond motifs is 1. The number of non-ortho nitro benzene ring substituents is 1. The molecule has 0 aliphatic rings. The van der Waals surface area contributed by atoms with E-state index >= 15 is 0 Å². The molecule has 0 aliphatic carbocycles. The normalized spacial score (nSPS) is 10.7. The zero-order valence-corrected chi connectivity index (χ0v) is 14.0. The molecule has 26 heavy (non-hydrogen) atoms. The quantitative estimate of drug-likeness (QED) is 0.441. The summed E-state index contributed by atoms with van der Waals surface area (Å²) in [4.78, 5) is 24.7. The van der Waals surface area contributed by atoms with Crippen LogP contribution < -0.4 is 10.1 Å². The van der Waals surface area contributed by atoms with Crippen molar-refractivity contribution in [3.63, 3.8) is 0 Å². The molecule has 0 radical (unpaired) electrons. The lowest BCUT2D eigenvalue weighted by Crippen LogP contribution is -2.10. The van der Waals surface area contributed by atoms with Crippen LogP contribution in [0.15, 0.2) is 42.6 Å². The summed E-state index contributed by atoms with van der Waals surface area (Å²) >= 11 is 0. The summed E-state index contributed by atoms with van der Waals surface area (Å²) in [5, 5.41) is 24.2. The Hall–Kier alpha value is -3.55. The van der Waals surface area contributed by atoms with Gasteiger partial charge in [-0.15, -0.1) is 0 Å². The number of H-pyrrole nitrogens is 1. The number of carboxylic acid groups (broad SMARTS) is 1. The fourth-order valence-corrected chi connectivity index (χ4v) is 2.81. The second-order valence-corrected chi connectivity index (χ2v) is 5.69. The molecular weight excluding hydrogens is 338 g/mol. The number of carbonyl (C=O) groups is 1. The molecular formula is C18H17N3O5. The molecule has 3 rings (SSSR count). The van der Waals surface area contributed by atoms with E-state index in [1.807, 2.05) is 24.4 Å². The summed E-state index contributed by atoms with van der Waals surface area (Å²) in [5.74, 6) is -0.448. The Balaban J connectivity index is 1.74. The second kappa shape index (κ2) is 7.14. The van der Waals surface area contributed by atoms with E-state index in [1.54, 1.807) is 7.11 Å². The molecule has 0 unspecified atom stereocenters. The maximum Gasteiger partial charge on any atom is 0.338 e. The maximum atomic E-state index is 11.3. The summed E-state index contributed by atoms with van der Waals surface area (Å²) in [7, 11) is 1.61. The molecule has 1 aromatic heterocycles. The van der Waals surface area contributed by atoms with E-state index in [0.29, 0.717) is 18.7 Å². The van der Waals surface area contributed by atoms with Crippen molar-refractivity contribution in [3.05, 3.63) is 63.8 Å². The lowest BCUT2D eigenvalue weighted by atomic mass is 10.1. The van der Waals surface area contributed by atoms with Gasteiger partial charge in [-0.1, -0.05) is 0 Å². The van der Waals surface area contributed by atoms with Gasteiger partial charge in [0.05, 0.1) is 17.6 Å². The highest BCUT2D eigenvalue weighted by atomic mass is 16.6. The van der Waals surface area contributed by atoms with E-state index in [2.05, 4.69) is 10.3 Å². The van der Waals surface area contributed by atoms with Crippen molar-refractivity contribution in [3.8, 4) is 5.75 Å². The van der Waals surface area contributed by atoms with Crippen LogP contribution in [0.1, 0.15) is 15.9 Å². The third-order valence-electron chi connectivity index (χ3n) is 4.13. The third-order valence-corrected chi connectivity index (χ3v) is 4.13. The molecule has 0 atom stereocenters. The van der Waals surface area contributed by atoms with Gasteiger partial charge in [0, 0.05) is 47.5 Å². The number of nitrogens with zero attached hydrogens (tertiary/aromatic N) is 1. The molecule has 0 saturated carbocycles. The molecule has 0 saturated heterocycles. The van der Waals surface area contributed by atoms with Gasteiger partial charge in [-0.05, 0) is 30.2 Å². The van der Waals surface area contributed by atoms with Crippen molar-refractivity contribution >= 4 is 28.2 Å². The second-order valence-electron chi connectivity index (χ2n) is 5.69. The minimum absolute atomic E-state index is 0.122. The van der Waals surface area contributed by atoms with Gasteiger partial charge in [-0.2, -0.15) is 0 Å². The van der Waals surface area contributed by atoms with Crippen LogP contribution in [-0.4, -0.2) is 34.6 Å². The van der Waals surface area contributed by atoms with Crippen molar-refractivity contribution < 1.29 is 19.6 Å². The van der Waals surface area contributed by atoms with E-state index in [-0.39, 0.29) is 11.3 Å². The Morgan fingerprint density at radius 3 is 2.81 bits per heavy atom. The van der Waals surface area contributed by atoms with Crippen molar-refractivity contribution in [2.24, 2.45) is 0 Å². The van der Waals surface area contributed by atoms with Gasteiger partial charge >= 0.3 is 5.97 Å². The number of ether oxygens (including phenoxy) is 1. The SMILES string of the molecule is COc1ccc2c(CCNc3ccc([N+](=O)[O-])cc3C(=O)O)c[nH]c2c1. The van der Waals surface area contributed by atoms with Crippen molar-refractivity contribution in [2.75, 3.05) is 19.0 Å². The topological polar surface area (TPSA) is 117 Å². The van der Waals surface area contributed by atoms with E-state index in [9.17, 15) is 20.0 Å². The van der Waals surface area contributed by atoms with Crippen LogP contribution in [0.3, 0.4) is 0 Å². The Kier molecular flexibility index (Phi) is 4.74. The van der Waals surface area contributed by atoms with Crippen molar-refractivity contribution in [2.45, 2.75) is 6.42 Å². The third kappa shape index (κ3) is 3.44. The first-order valence-corrected chi connectivity index (χ1v) is 7.89. The van der Waals surface area contributed by atoms with E-state index < -0.39 is 10.9 Å². The van der Waals surface area contributed by atoms with Gasteiger partial charge in [0.1, 0.15) is 5.75 Å². The van der Waals surface area contributed by atoms with Crippen LogP contribution in [0.4, 0.5) is 11.4 Å². The number of nitrogens with one attached hydrogen (secondary N) is 2. The highest BCUT2D eigenvalue weighted by Gasteiger charge is 2.16. The predicted octanol–water partition coefficient (Wildman–Crippen LogP) is 3.44. The van der Waals surface area contributed by atoms with E-state index in [0.717, 1.165) is 28.3 Å². The highest BCUT2D eigenvalue weighted by molar-refractivity contribution is 5.95. The molecule has 0 spiro atoms. The summed E-state index contributed by atoms with van der Waals surface area (Å²) in [6.45, 7) is 0.483. The predicted molar refractivity (Wildman–Crippen MR) is 97.1 cm³/mol. The lowest BCUT2D eigenvalue weighted by molar-refractivity contribution is -0.384. The molecule has 134 valence electrons. The summed E-state index contributed by atoms with van der Waals surface area (Å²) < 4.78 is 5.20. The average molecular weight is 355 g/mol. The van der Waals surface area contributed by atoms with Gasteiger partial charge < -0.3 is 20.1 Å². The first kappa shape index (κ1) is 17.3. The Labute approximate surface area is 148 Å². The number of benzene rings is 2. The molecule has 3 N–H and O–H groups in total. The number of aromatic amines is 1. The summed E-state index contributed by atoms with van der Waals surface area (Å²) in [6, 6.07) is 9.52. The molecule has 0 fully saturated rings. The van der Waals surface area contributed by atoms with Crippen LogP contribution in [0.5, 0.6) is 5.75 Å². The molecule has 0 amide bonds. The lowest BCUT2D eigenvalue weighted by Gasteiger charge is -2.09. The number of carboxylic acids is 1. The Morgan fingerprint density at radius 2 is 2.12 bits per heavy atom. The number of nitro benzene ring substituents is 1. The number of anilines is 1. The number of hydrogen-bond donors (Lipinski definition) is 3. The first-order chi connectivity index (χ1) is 12.5. The zero-order valence-electron chi connectivity index (χ0n) is 14.0. The highest BCUT2D eigenvalue weighted by Crippen LogP contribution is 2.25. The first-order valence-electron chi connectivity index (χ1n) is 7.89. The smallest absolute Gasteiger partial charge is 0.338 e. The minimum Gasteiger partial charge on any atom is -0.497 e.